The Labute approximate surface area is 145 Å². The van der Waals surface area contributed by atoms with Crippen molar-refractivity contribution in [3.63, 3.8) is 0 Å². The van der Waals surface area contributed by atoms with Crippen molar-refractivity contribution in [2.45, 2.75) is 26.9 Å². The number of rotatable bonds is 5. The first-order valence-corrected chi connectivity index (χ1v) is 8.39. The Balaban J connectivity index is 1.83. The van der Waals surface area contributed by atoms with Crippen molar-refractivity contribution in [3.05, 3.63) is 57.8 Å². The predicted octanol–water partition coefficient (Wildman–Crippen LogP) is 2.99. The van der Waals surface area contributed by atoms with Crippen LogP contribution >= 0.6 is 11.3 Å². The van der Waals surface area contributed by atoms with Gasteiger partial charge < -0.3 is 4.74 Å². The molecule has 0 saturated heterocycles. The number of thiophene rings is 1. The molecule has 1 aromatic heterocycles. The van der Waals surface area contributed by atoms with E-state index in [1.54, 1.807) is 13.0 Å². The van der Waals surface area contributed by atoms with Crippen LogP contribution in [-0.4, -0.2) is 17.9 Å². The number of aryl methyl sites for hydroxylation is 1. The van der Waals surface area contributed by atoms with Crippen LogP contribution in [-0.2, 0) is 9.59 Å². The number of carbonyl (C=O) groups is 2. The summed E-state index contributed by atoms with van der Waals surface area (Å²) >= 11 is 1.52. The molecule has 0 unspecified atom stereocenters. The number of carbonyl (C=O) groups excluding carboxylic acids is 2. The highest BCUT2D eigenvalue weighted by Crippen LogP contribution is 2.21. The van der Waals surface area contributed by atoms with Crippen molar-refractivity contribution in [2.75, 3.05) is 0 Å². The van der Waals surface area contributed by atoms with Crippen LogP contribution in [0.4, 0.5) is 0 Å². The van der Waals surface area contributed by atoms with Gasteiger partial charge in [-0.2, -0.15) is 0 Å². The van der Waals surface area contributed by atoms with E-state index in [0.717, 1.165) is 16.0 Å². The second kappa shape index (κ2) is 8.31. The van der Waals surface area contributed by atoms with Crippen molar-refractivity contribution in [1.29, 1.82) is 0 Å². The minimum absolute atomic E-state index is 0.407. The first-order chi connectivity index (χ1) is 11.5. The maximum absolute atomic E-state index is 12.0. The van der Waals surface area contributed by atoms with Crippen molar-refractivity contribution < 1.29 is 14.3 Å². The summed E-state index contributed by atoms with van der Waals surface area (Å²) in [5, 5.41) is 1.92. The van der Waals surface area contributed by atoms with Gasteiger partial charge in [0.05, 0.1) is 0 Å². The van der Waals surface area contributed by atoms with Crippen LogP contribution in [0.1, 0.15) is 22.9 Å². The number of nitrogens with one attached hydrogen (secondary N) is 2. The summed E-state index contributed by atoms with van der Waals surface area (Å²) in [7, 11) is 0. The molecule has 2 rings (SSSR count). The monoisotopic (exact) mass is 344 g/mol. The molecule has 2 amide bonds. The second-order valence-corrected chi connectivity index (χ2v) is 6.26. The molecule has 1 heterocycles. The van der Waals surface area contributed by atoms with Gasteiger partial charge >= 0.3 is 0 Å². The van der Waals surface area contributed by atoms with Crippen LogP contribution in [0.2, 0.25) is 0 Å². The van der Waals surface area contributed by atoms with E-state index in [4.69, 9.17) is 4.74 Å². The van der Waals surface area contributed by atoms with E-state index < -0.39 is 17.9 Å². The van der Waals surface area contributed by atoms with Crippen molar-refractivity contribution in [3.8, 4) is 5.75 Å². The lowest BCUT2D eigenvalue weighted by Gasteiger charge is -2.17. The zero-order valence-corrected chi connectivity index (χ0v) is 14.6. The molecular weight excluding hydrogens is 324 g/mol. The minimum atomic E-state index is -0.730. The van der Waals surface area contributed by atoms with E-state index in [1.165, 1.54) is 17.4 Å². The Hall–Kier alpha value is -2.60. The summed E-state index contributed by atoms with van der Waals surface area (Å²) in [6.45, 7) is 5.55. The smallest absolute Gasteiger partial charge is 0.279 e. The van der Waals surface area contributed by atoms with Gasteiger partial charge in [-0.05, 0) is 55.5 Å². The van der Waals surface area contributed by atoms with E-state index in [-0.39, 0.29) is 0 Å². The number of amides is 2. The summed E-state index contributed by atoms with van der Waals surface area (Å²) in [4.78, 5) is 24.6. The number of benzene rings is 1. The molecule has 1 aromatic carbocycles. The van der Waals surface area contributed by atoms with Crippen LogP contribution in [0.5, 0.6) is 5.75 Å². The fourth-order valence-corrected chi connectivity index (χ4v) is 2.52. The Morgan fingerprint density at radius 3 is 2.67 bits per heavy atom. The fourth-order valence-electron chi connectivity index (χ4n) is 1.91. The number of ether oxygens (including phenoxy) is 1. The van der Waals surface area contributed by atoms with Gasteiger partial charge in [-0.15, -0.1) is 11.3 Å². The van der Waals surface area contributed by atoms with E-state index in [9.17, 15) is 9.59 Å². The Bertz CT molecular complexity index is 739. The number of hydrazine groups is 1. The summed E-state index contributed by atoms with van der Waals surface area (Å²) in [5.41, 5.74) is 6.77. The molecule has 0 radical (unpaired) electrons. The maximum atomic E-state index is 12.0. The summed E-state index contributed by atoms with van der Waals surface area (Å²) in [6, 6.07) is 9.46. The van der Waals surface area contributed by atoms with E-state index in [1.807, 2.05) is 49.6 Å². The minimum Gasteiger partial charge on any atom is -0.481 e. The van der Waals surface area contributed by atoms with Crippen LogP contribution in [0, 0.1) is 13.8 Å². The topological polar surface area (TPSA) is 67.4 Å². The van der Waals surface area contributed by atoms with Crippen LogP contribution in [0.15, 0.2) is 41.8 Å². The SMILES string of the molecule is Cc1cccc(O[C@@H](C)C(=O)NNC(=O)/C=C/c2cccs2)c1C. The number of hydrogen-bond donors (Lipinski definition) is 2. The second-order valence-electron chi connectivity index (χ2n) is 5.29. The molecule has 2 aromatic rings. The van der Waals surface area contributed by atoms with Crippen LogP contribution < -0.4 is 15.6 Å². The largest absolute Gasteiger partial charge is 0.481 e. The third kappa shape index (κ3) is 4.96. The van der Waals surface area contributed by atoms with Gasteiger partial charge in [0.1, 0.15) is 5.75 Å². The van der Waals surface area contributed by atoms with Gasteiger partial charge in [0.25, 0.3) is 11.8 Å². The summed E-state index contributed by atoms with van der Waals surface area (Å²) < 4.78 is 5.66. The first kappa shape index (κ1) is 17.7. The van der Waals surface area contributed by atoms with Gasteiger partial charge in [0, 0.05) is 11.0 Å². The molecule has 0 aliphatic carbocycles. The normalized spacial score (nSPS) is 12.0. The first-order valence-electron chi connectivity index (χ1n) is 7.51. The average Bonchev–Trinajstić information content (AvgIpc) is 3.08. The third-order valence-electron chi connectivity index (χ3n) is 3.48. The average molecular weight is 344 g/mol. The zero-order chi connectivity index (χ0) is 17.5. The van der Waals surface area contributed by atoms with Crippen molar-refractivity contribution >= 4 is 29.2 Å². The van der Waals surface area contributed by atoms with Gasteiger partial charge in [0.2, 0.25) is 0 Å². The fraction of sp³-hybridized carbons (Fsp3) is 0.222. The van der Waals surface area contributed by atoms with Gasteiger partial charge in [0.15, 0.2) is 6.10 Å². The number of hydrogen-bond acceptors (Lipinski definition) is 4. The quantitative estimate of drug-likeness (QED) is 0.647. The molecule has 6 heteroatoms. The van der Waals surface area contributed by atoms with Crippen LogP contribution in [0.3, 0.4) is 0 Å². The molecular formula is C18H20N2O3S. The molecule has 0 spiro atoms. The lowest BCUT2D eigenvalue weighted by atomic mass is 10.1. The molecule has 0 saturated carbocycles. The van der Waals surface area contributed by atoms with Crippen molar-refractivity contribution in [1.82, 2.24) is 10.9 Å². The molecule has 0 aliphatic heterocycles. The Kier molecular flexibility index (Phi) is 6.14. The Morgan fingerprint density at radius 2 is 1.96 bits per heavy atom. The van der Waals surface area contributed by atoms with Crippen LogP contribution in [0.25, 0.3) is 6.08 Å². The standard InChI is InChI=1S/C18H20N2O3S/c1-12-6-4-8-16(13(12)2)23-14(3)18(22)20-19-17(21)10-9-15-7-5-11-24-15/h4-11,14H,1-3H3,(H,19,21)(H,20,22)/b10-9+/t14-/m0/s1. The highest BCUT2D eigenvalue weighted by molar-refractivity contribution is 7.10. The molecule has 2 N–H and O–H groups in total. The molecule has 5 nitrogen and oxygen atoms in total. The lowest BCUT2D eigenvalue weighted by Crippen LogP contribution is -2.46. The summed E-state index contributed by atoms with van der Waals surface area (Å²) in [5.74, 6) is -0.175. The van der Waals surface area contributed by atoms with Gasteiger partial charge in [-0.25, -0.2) is 0 Å². The van der Waals surface area contributed by atoms with E-state index in [0.29, 0.717) is 5.75 Å². The highest BCUT2D eigenvalue weighted by Gasteiger charge is 2.16. The van der Waals surface area contributed by atoms with Gasteiger partial charge in [-0.1, -0.05) is 18.2 Å². The molecule has 126 valence electrons. The predicted molar refractivity (Wildman–Crippen MR) is 95.6 cm³/mol. The molecule has 0 bridgehead atoms. The van der Waals surface area contributed by atoms with Crippen molar-refractivity contribution in [2.24, 2.45) is 0 Å². The van der Waals surface area contributed by atoms with E-state index in [2.05, 4.69) is 10.9 Å². The molecule has 0 aliphatic rings. The maximum Gasteiger partial charge on any atom is 0.279 e. The summed E-state index contributed by atoms with van der Waals surface area (Å²) in [6.07, 6.45) is 2.32. The Morgan fingerprint density at radius 1 is 1.17 bits per heavy atom. The van der Waals surface area contributed by atoms with E-state index >= 15 is 0 Å². The lowest BCUT2D eigenvalue weighted by molar-refractivity contribution is -0.131. The molecule has 0 fully saturated rings. The molecule has 1 atom stereocenters. The highest BCUT2D eigenvalue weighted by atomic mass is 32.1. The zero-order valence-electron chi connectivity index (χ0n) is 13.8. The van der Waals surface area contributed by atoms with Gasteiger partial charge in [-0.3, -0.25) is 20.4 Å². The molecule has 24 heavy (non-hydrogen) atoms. The third-order valence-corrected chi connectivity index (χ3v) is 4.32.